The van der Waals surface area contributed by atoms with Crippen LogP contribution in [-0.2, 0) is 16.6 Å². The van der Waals surface area contributed by atoms with E-state index in [0.717, 1.165) is 30.0 Å². The van der Waals surface area contributed by atoms with E-state index in [2.05, 4.69) is 9.62 Å². The van der Waals surface area contributed by atoms with Gasteiger partial charge in [0, 0.05) is 36.6 Å². The highest BCUT2D eigenvalue weighted by atomic mass is 32.2. The summed E-state index contributed by atoms with van der Waals surface area (Å²) in [7, 11) is -3.45. The van der Waals surface area contributed by atoms with E-state index >= 15 is 0 Å². The minimum absolute atomic E-state index is 0.0329. The maximum atomic E-state index is 12.6. The maximum Gasteiger partial charge on any atom is 0.242 e. The monoisotopic (exact) mass is 315 g/mol. The molecule has 2 fully saturated rings. The van der Waals surface area contributed by atoms with Gasteiger partial charge < -0.3 is 5.73 Å². The first-order valence-electron chi connectivity index (χ1n) is 7.04. The van der Waals surface area contributed by atoms with Crippen molar-refractivity contribution in [2.45, 2.75) is 49.7 Å². The van der Waals surface area contributed by atoms with Crippen molar-refractivity contribution in [1.29, 1.82) is 0 Å². The lowest BCUT2D eigenvalue weighted by atomic mass is 10.3. The molecule has 1 aliphatic heterocycles. The highest BCUT2D eigenvalue weighted by molar-refractivity contribution is 7.89. The quantitative estimate of drug-likeness (QED) is 0.851. The van der Waals surface area contributed by atoms with E-state index in [0.29, 0.717) is 10.9 Å². The first-order chi connectivity index (χ1) is 9.51. The third-order valence-corrected chi connectivity index (χ3v) is 7.05. The van der Waals surface area contributed by atoms with E-state index in [1.54, 1.807) is 0 Å². The summed E-state index contributed by atoms with van der Waals surface area (Å²) in [5.41, 5.74) is 6.44. The fourth-order valence-corrected chi connectivity index (χ4v) is 5.89. The van der Waals surface area contributed by atoms with Gasteiger partial charge in [0.1, 0.15) is 4.90 Å². The molecule has 0 radical (unpaired) electrons. The Morgan fingerprint density at radius 3 is 2.85 bits per heavy atom. The Balaban J connectivity index is 1.74. The molecule has 3 rings (SSSR count). The molecule has 112 valence electrons. The molecule has 1 aliphatic carbocycles. The van der Waals surface area contributed by atoms with Crippen molar-refractivity contribution in [3.63, 3.8) is 0 Å². The lowest BCUT2D eigenvalue weighted by Crippen LogP contribution is -2.37. The van der Waals surface area contributed by atoms with Crippen LogP contribution in [0.5, 0.6) is 0 Å². The van der Waals surface area contributed by atoms with Crippen LogP contribution in [0.1, 0.15) is 29.7 Å². The van der Waals surface area contributed by atoms with Crippen LogP contribution in [0.2, 0.25) is 0 Å². The predicted molar refractivity (Wildman–Crippen MR) is 80.3 cm³/mol. The Bertz CT molecular complexity index is 593. The SMILES string of the molecule is Cc1csc(CN)c1S(=O)(=O)NC1CCN(C2CC2)C1. The molecule has 1 aromatic heterocycles. The zero-order chi connectivity index (χ0) is 14.3. The van der Waals surface area contributed by atoms with Gasteiger partial charge in [0.15, 0.2) is 0 Å². The number of aryl methyl sites for hydroxylation is 1. The van der Waals surface area contributed by atoms with E-state index in [1.807, 2.05) is 12.3 Å². The van der Waals surface area contributed by atoms with E-state index in [9.17, 15) is 8.42 Å². The molecule has 2 heterocycles. The van der Waals surface area contributed by atoms with Crippen LogP contribution < -0.4 is 10.5 Å². The molecule has 1 aromatic rings. The summed E-state index contributed by atoms with van der Waals surface area (Å²) in [5, 5.41) is 1.86. The summed E-state index contributed by atoms with van der Waals surface area (Å²) in [5.74, 6) is 0. The molecule has 2 aliphatic rings. The first-order valence-corrected chi connectivity index (χ1v) is 9.41. The van der Waals surface area contributed by atoms with Gasteiger partial charge in [-0.25, -0.2) is 13.1 Å². The minimum atomic E-state index is -3.45. The molecule has 0 spiro atoms. The van der Waals surface area contributed by atoms with Crippen molar-refractivity contribution in [3.8, 4) is 0 Å². The number of nitrogens with zero attached hydrogens (tertiary/aromatic N) is 1. The Morgan fingerprint density at radius 1 is 1.45 bits per heavy atom. The van der Waals surface area contributed by atoms with Crippen molar-refractivity contribution < 1.29 is 8.42 Å². The Kier molecular flexibility index (Phi) is 3.89. The fraction of sp³-hybridized carbons (Fsp3) is 0.692. The molecule has 0 amide bonds. The van der Waals surface area contributed by atoms with E-state index in [4.69, 9.17) is 5.73 Å². The number of hydrogen-bond acceptors (Lipinski definition) is 5. The van der Waals surface area contributed by atoms with Crippen LogP contribution in [0, 0.1) is 6.92 Å². The topological polar surface area (TPSA) is 75.4 Å². The van der Waals surface area contributed by atoms with Gasteiger partial charge in [0.25, 0.3) is 0 Å². The molecule has 1 atom stereocenters. The first kappa shape index (κ1) is 14.5. The molecule has 7 heteroatoms. The summed E-state index contributed by atoms with van der Waals surface area (Å²) in [6.45, 7) is 3.94. The van der Waals surface area contributed by atoms with Gasteiger partial charge in [-0.05, 0) is 37.1 Å². The Morgan fingerprint density at radius 2 is 2.20 bits per heavy atom. The number of sulfonamides is 1. The minimum Gasteiger partial charge on any atom is -0.326 e. The summed E-state index contributed by atoms with van der Waals surface area (Å²) in [4.78, 5) is 3.54. The van der Waals surface area contributed by atoms with Crippen molar-refractivity contribution in [2.75, 3.05) is 13.1 Å². The van der Waals surface area contributed by atoms with Crippen LogP contribution in [0.4, 0.5) is 0 Å². The number of nitrogens with two attached hydrogens (primary N) is 1. The lowest BCUT2D eigenvalue weighted by molar-refractivity contribution is 0.322. The highest BCUT2D eigenvalue weighted by Crippen LogP contribution is 2.31. The molecule has 1 saturated heterocycles. The van der Waals surface area contributed by atoms with Gasteiger partial charge in [-0.2, -0.15) is 0 Å². The molecule has 5 nitrogen and oxygen atoms in total. The normalized spacial score (nSPS) is 24.4. The van der Waals surface area contributed by atoms with Crippen LogP contribution in [-0.4, -0.2) is 38.5 Å². The third-order valence-electron chi connectivity index (χ3n) is 4.05. The van der Waals surface area contributed by atoms with Gasteiger partial charge in [0.2, 0.25) is 10.0 Å². The second kappa shape index (κ2) is 5.38. The van der Waals surface area contributed by atoms with Gasteiger partial charge in [-0.1, -0.05) is 0 Å². The molecular formula is C13H21N3O2S2. The van der Waals surface area contributed by atoms with Crippen molar-refractivity contribution in [1.82, 2.24) is 9.62 Å². The molecule has 1 unspecified atom stereocenters. The Hall–Kier alpha value is -0.470. The molecule has 3 N–H and O–H groups in total. The van der Waals surface area contributed by atoms with Crippen molar-refractivity contribution in [3.05, 3.63) is 15.8 Å². The van der Waals surface area contributed by atoms with Crippen LogP contribution >= 0.6 is 11.3 Å². The van der Waals surface area contributed by atoms with E-state index < -0.39 is 10.0 Å². The third kappa shape index (κ3) is 2.78. The predicted octanol–water partition coefficient (Wildman–Crippen LogP) is 1.03. The zero-order valence-corrected chi connectivity index (χ0v) is 13.3. The van der Waals surface area contributed by atoms with Crippen LogP contribution in [0.25, 0.3) is 0 Å². The summed E-state index contributed by atoms with van der Waals surface area (Å²) < 4.78 is 28.0. The number of thiophene rings is 1. The summed E-state index contributed by atoms with van der Waals surface area (Å²) in [6.07, 6.45) is 3.43. The number of hydrogen-bond donors (Lipinski definition) is 2. The highest BCUT2D eigenvalue weighted by Gasteiger charge is 2.36. The number of likely N-dealkylation sites (tertiary alicyclic amines) is 1. The van der Waals surface area contributed by atoms with Gasteiger partial charge in [0.05, 0.1) is 0 Å². The van der Waals surface area contributed by atoms with Gasteiger partial charge in [-0.3, -0.25) is 4.90 Å². The van der Waals surface area contributed by atoms with Crippen molar-refractivity contribution in [2.24, 2.45) is 5.73 Å². The smallest absolute Gasteiger partial charge is 0.242 e. The molecular weight excluding hydrogens is 294 g/mol. The number of nitrogens with one attached hydrogen (secondary N) is 1. The molecule has 1 saturated carbocycles. The summed E-state index contributed by atoms with van der Waals surface area (Å²) >= 11 is 1.42. The van der Waals surface area contributed by atoms with Crippen molar-refractivity contribution >= 4 is 21.4 Å². The van der Waals surface area contributed by atoms with Crippen LogP contribution in [0.15, 0.2) is 10.3 Å². The van der Waals surface area contributed by atoms with Gasteiger partial charge >= 0.3 is 0 Å². The zero-order valence-electron chi connectivity index (χ0n) is 11.6. The van der Waals surface area contributed by atoms with Crippen LogP contribution in [0.3, 0.4) is 0 Å². The van der Waals surface area contributed by atoms with E-state index in [1.165, 1.54) is 24.2 Å². The molecule has 0 bridgehead atoms. The van der Waals surface area contributed by atoms with E-state index in [-0.39, 0.29) is 12.6 Å². The average molecular weight is 315 g/mol. The number of rotatable bonds is 5. The lowest BCUT2D eigenvalue weighted by Gasteiger charge is -2.16. The average Bonchev–Trinajstić information content (AvgIpc) is 3.02. The fourth-order valence-electron chi connectivity index (χ4n) is 2.92. The largest absolute Gasteiger partial charge is 0.326 e. The second-order valence-corrected chi connectivity index (χ2v) is 8.32. The second-order valence-electron chi connectivity index (χ2n) is 5.71. The summed E-state index contributed by atoms with van der Waals surface area (Å²) in [6, 6.07) is 0.734. The molecule has 20 heavy (non-hydrogen) atoms. The Labute approximate surface area is 124 Å². The van der Waals surface area contributed by atoms with Gasteiger partial charge in [-0.15, -0.1) is 11.3 Å². The standard InChI is InChI=1S/C13H21N3O2S2/c1-9-8-19-12(6-14)13(9)20(17,18)15-10-4-5-16(7-10)11-2-3-11/h8,10-11,15H,2-7,14H2,1H3. The molecule has 0 aromatic carbocycles. The maximum absolute atomic E-state index is 12.6.